The summed E-state index contributed by atoms with van der Waals surface area (Å²) in [5.41, 5.74) is 1.27. The molecule has 0 aliphatic rings. The highest BCUT2D eigenvalue weighted by molar-refractivity contribution is 5.76. The first-order valence-corrected chi connectivity index (χ1v) is 8.80. The molecule has 140 valence electrons. The quantitative estimate of drug-likeness (QED) is 0.585. The largest absolute Gasteiger partial charge is 0.461 e. The van der Waals surface area contributed by atoms with Crippen LogP contribution in [0.4, 0.5) is 8.78 Å². The molecule has 0 aliphatic heterocycles. The molecular weight excluding hydrogens is 348 g/mol. The van der Waals surface area contributed by atoms with E-state index < -0.39 is 0 Å². The van der Waals surface area contributed by atoms with Gasteiger partial charge in [-0.3, -0.25) is 4.79 Å². The number of hydrogen-bond acceptors (Lipinski definition) is 2. The molecule has 0 radical (unpaired) electrons. The molecule has 0 fully saturated rings. The van der Waals surface area contributed by atoms with Gasteiger partial charge in [-0.1, -0.05) is 24.3 Å². The number of aryl methyl sites for hydroxylation is 1. The van der Waals surface area contributed by atoms with Crippen LogP contribution in [-0.4, -0.2) is 17.9 Å². The average molecular weight is 369 g/mol. The minimum Gasteiger partial charge on any atom is -0.461 e. The highest BCUT2D eigenvalue weighted by atomic mass is 19.1. The second-order valence-corrected chi connectivity index (χ2v) is 6.48. The predicted molar refractivity (Wildman–Crippen MR) is 100 cm³/mol. The zero-order chi connectivity index (χ0) is 19.4. The number of nitrogens with zero attached hydrogens (tertiary/aromatic N) is 1. The molecule has 1 unspecified atom stereocenters. The molecule has 0 spiro atoms. The van der Waals surface area contributed by atoms with Gasteiger partial charge in [-0.05, 0) is 48.9 Å². The van der Waals surface area contributed by atoms with Crippen LogP contribution in [0.15, 0.2) is 65.1 Å². The van der Waals surface area contributed by atoms with Crippen LogP contribution >= 0.6 is 0 Å². The zero-order valence-electron chi connectivity index (χ0n) is 15.3. The van der Waals surface area contributed by atoms with Gasteiger partial charge in [0.05, 0.1) is 11.6 Å². The normalized spacial score (nSPS) is 12.0. The number of amides is 1. The maximum absolute atomic E-state index is 13.8. The second-order valence-electron chi connectivity index (χ2n) is 6.48. The third-order valence-electron chi connectivity index (χ3n) is 4.71. The monoisotopic (exact) mass is 369 g/mol. The second kappa shape index (κ2) is 8.16. The van der Waals surface area contributed by atoms with Crippen molar-refractivity contribution in [2.75, 3.05) is 7.05 Å². The van der Waals surface area contributed by atoms with Crippen LogP contribution in [0.2, 0.25) is 0 Å². The molecule has 0 N–H and O–H groups in total. The van der Waals surface area contributed by atoms with Crippen molar-refractivity contribution in [3.05, 3.63) is 83.6 Å². The number of halogens is 2. The fourth-order valence-corrected chi connectivity index (χ4v) is 2.91. The van der Waals surface area contributed by atoms with Crippen LogP contribution in [-0.2, 0) is 11.2 Å². The summed E-state index contributed by atoms with van der Waals surface area (Å²) in [6.07, 6.45) is 0.694. The highest BCUT2D eigenvalue weighted by Gasteiger charge is 2.18. The van der Waals surface area contributed by atoms with Crippen LogP contribution in [0.25, 0.3) is 11.3 Å². The smallest absolute Gasteiger partial charge is 0.223 e. The van der Waals surface area contributed by atoms with Crippen molar-refractivity contribution in [1.82, 2.24) is 4.90 Å². The molecule has 3 rings (SSSR count). The molecular formula is C22H21F2NO2. The van der Waals surface area contributed by atoms with Crippen molar-refractivity contribution < 1.29 is 18.0 Å². The van der Waals surface area contributed by atoms with Gasteiger partial charge in [0, 0.05) is 19.9 Å². The van der Waals surface area contributed by atoms with E-state index >= 15 is 0 Å². The molecule has 0 aliphatic carbocycles. The first-order chi connectivity index (χ1) is 13.0. The Morgan fingerprint density at radius 1 is 1.04 bits per heavy atom. The van der Waals surface area contributed by atoms with E-state index in [-0.39, 0.29) is 30.0 Å². The first-order valence-electron chi connectivity index (χ1n) is 8.80. The Morgan fingerprint density at radius 2 is 1.74 bits per heavy atom. The molecule has 27 heavy (non-hydrogen) atoms. The summed E-state index contributed by atoms with van der Waals surface area (Å²) in [4.78, 5) is 14.1. The first kappa shape index (κ1) is 18.8. The van der Waals surface area contributed by atoms with Gasteiger partial charge in [-0.15, -0.1) is 0 Å². The fraction of sp³-hybridized carbons (Fsp3) is 0.227. The van der Waals surface area contributed by atoms with E-state index in [1.165, 1.54) is 18.2 Å². The van der Waals surface area contributed by atoms with Crippen molar-refractivity contribution in [2.45, 2.75) is 25.8 Å². The zero-order valence-corrected chi connectivity index (χ0v) is 15.3. The van der Waals surface area contributed by atoms with Crippen LogP contribution in [0.1, 0.15) is 30.7 Å². The van der Waals surface area contributed by atoms with E-state index in [1.807, 2.05) is 6.92 Å². The third kappa shape index (κ3) is 4.42. The molecule has 2 aromatic carbocycles. The summed E-state index contributed by atoms with van der Waals surface area (Å²) in [7, 11) is 1.73. The number of furan rings is 1. The van der Waals surface area contributed by atoms with Crippen molar-refractivity contribution >= 4 is 5.91 Å². The molecule has 5 heteroatoms. The number of benzene rings is 2. The van der Waals surface area contributed by atoms with E-state index in [1.54, 1.807) is 54.4 Å². The van der Waals surface area contributed by atoms with Crippen molar-refractivity contribution in [3.8, 4) is 11.3 Å². The number of hydrogen-bond donors (Lipinski definition) is 0. The lowest BCUT2D eigenvalue weighted by Crippen LogP contribution is -2.29. The summed E-state index contributed by atoms with van der Waals surface area (Å²) < 4.78 is 32.6. The summed E-state index contributed by atoms with van der Waals surface area (Å²) in [5, 5.41) is 0. The molecule has 1 aromatic heterocycles. The highest BCUT2D eigenvalue weighted by Crippen LogP contribution is 2.26. The Hall–Kier alpha value is -2.95. The van der Waals surface area contributed by atoms with Gasteiger partial charge in [-0.2, -0.15) is 0 Å². The lowest BCUT2D eigenvalue weighted by molar-refractivity contribution is -0.131. The van der Waals surface area contributed by atoms with E-state index in [9.17, 15) is 13.6 Å². The van der Waals surface area contributed by atoms with Gasteiger partial charge in [0.2, 0.25) is 5.91 Å². The Bertz CT molecular complexity index is 918. The lowest BCUT2D eigenvalue weighted by Gasteiger charge is -2.25. The summed E-state index contributed by atoms with van der Waals surface area (Å²) >= 11 is 0. The summed E-state index contributed by atoms with van der Waals surface area (Å²) in [5.74, 6) is 0.384. The number of carbonyl (C=O) groups excluding carboxylic acids is 1. The van der Waals surface area contributed by atoms with E-state index in [2.05, 4.69) is 0 Å². The number of carbonyl (C=O) groups is 1. The van der Waals surface area contributed by atoms with E-state index in [0.717, 1.165) is 5.56 Å². The Morgan fingerprint density at radius 3 is 2.44 bits per heavy atom. The topological polar surface area (TPSA) is 33.5 Å². The number of rotatable bonds is 6. The average Bonchev–Trinajstić information content (AvgIpc) is 3.14. The van der Waals surface area contributed by atoms with Gasteiger partial charge < -0.3 is 9.32 Å². The minimum atomic E-state index is -0.345. The molecule has 1 atom stereocenters. The summed E-state index contributed by atoms with van der Waals surface area (Å²) in [6.45, 7) is 1.90. The van der Waals surface area contributed by atoms with E-state index in [4.69, 9.17) is 4.42 Å². The molecule has 0 bridgehead atoms. The molecule has 3 aromatic rings. The van der Waals surface area contributed by atoms with Gasteiger partial charge in [0.25, 0.3) is 0 Å². The molecule has 1 amide bonds. The Balaban J connectivity index is 1.60. The molecule has 0 saturated heterocycles. The van der Waals surface area contributed by atoms with Gasteiger partial charge in [0.1, 0.15) is 23.2 Å². The van der Waals surface area contributed by atoms with Gasteiger partial charge in [0.15, 0.2) is 0 Å². The summed E-state index contributed by atoms with van der Waals surface area (Å²) in [6, 6.07) is 15.8. The predicted octanol–water partition coefficient (Wildman–Crippen LogP) is 5.38. The van der Waals surface area contributed by atoms with Crippen molar-refractivity contribution in [3.63, 3.8) is 0 Å². The van der Waals surface area contributed by atoms with Crippen molar-refractivity contribution in [2.24, 2.45) is 0 Å². The van der Waals surface area contributed by atoms with Crippen LogP contribution < -0.4 is 0 Å². The van der Waals surface area contributed by atoms with Gasteiger partial charge >= 0.3 is 0 Å². The van der Waals surface area contributed by atoms with Crippen molar-refractivity contribution in [1.29, 1.82) is 0 Å². The maximum atomic E-state index is 13.8. The lowest BCUT2D eigenvalue weighted by atomic mass is 10.1. The minimum absolute atomic E-state index is 0.0457. The van der Waals surface area contributed by atoms with Crippen LogP contribution in [0.3, 0.4) is 0 Å². The standard InChI is InChI=1S/C22H21F2NO2/c1-15(16-7-9-17(23)10-8-16)25(2)22(26)14-12-18-11-13-21(27-18)19-5-3-4-6-20(19)24/h3-11,13,15H,12,14H2,1-2H3. The molecule has 3 nitrogen and oxygen atoms in total. The SMILES string of the molecule is CC(c1ccc(F)cc1)N(C)C(=O)CCc1ccc(-c2ccccc2F)o1. The Labute approximate surface area is 157 Å². The van der Waals surface area contributed by atoms with Crippen LogP contribution in [0.5, 0.6) is 0 Å². The Kier molecular flexibility index (Phi) is 5.69. The fourth-order valence-electron chi connectivity index (χ4n) is 2.91. The van der Waals surface area contributed by atoms with Gasteiger partial charge in [-0.25, -0.2) is 8.78 Å². The molecule has 0 saturated carbocycles. The maximum Gasteiger partial charge on any atom is 0.223 e. The third-order valence-corrected chi connectivity index (χ3v) is 4.71. The van der Waals surface area contributed by atoms with E-state index in [0.29, 0.717) is 23.5 Å². The molecule has 1 heterocycles. The van der Waals surface area contributed by atoms with Crippen LogP contribution in [0, 0.1) is 11.6 Å².